The highest BCUT2D eigenvalue weighted by atomic mass is 16.5. The van der Waals surface area contributed by atoms with E-state index in [1.54, 1.807) is 7.11 Å². The van der Waals surface area contributed by atoms with Gasteiger partial charge < -0.3 is 19.7 Å². The molecule has 6 heteroatoms. The Bertz CT molecular complexity index is 372. The fourth-order valence-electron chi connectivity index (χ4n) is 1.55. The van der Waals surface area contributed by atoms with Crippen LogP contribution in [0.1, 0.15) is 12.2 Å². The van der Waals surface area contributed by atoms with Crippen LogP contribution in [0.4, 0.5) is 5.82 Å². The maximum Gasteiger partial charge on any atom is 0.218 e. The number of aromatic nitrogens is 2. The minimum Gasteiger partial charge on any atom is -0.475 e. The van der Waals surface area contributed by atoms with Gasteiger partial charge >= 0.3 is 0 Å². The molecule has 0 radical (unpaired) electrons. The van der Waals surface area contributed by atoms with Gasteiger partial charge in [0.15, 0.2) is 0 Å². The Labute approximate surface area is 115 Å². The Balaban J connectivity index is 2.44. The molecule has 0 aliphatic heterocycles. The van der Waals surface area contributed by atoms with E-state index in [1.165, 1.54) is 0 Å². The first-order valence-corrected chi connectivity index (χ1v) is 6.48. The molecule has 0 saturated heterocycles. The summed E-state index contributed by atoms with van der Waals surface area (Å²) in [5, 5.41) is 3.28. The van der Waals surface area contributed by atoms with Crippen molar-refractivity contribution in [3.05, 3.63) is 11.9 Å². The maximum atomic E-state index is 5.49. The molecule has 0 bridgehead atoms. The molecule has 108 valence electrons. The van der Waals surface area contributed by atoms with Gasteiger partial charge in [-0.1, -0.05) is 0 Å². The Morgan fingerprint density at radius 1 is 1.26 bits per heavy atom. The minimum atomic E-state index is 0.493. The van der Waals surface area contributed by atoms with Gasteiger partial charge in [-0.25, -0.2) is 4.98 Å². The highest BCUT2D eigenvalue weighted by Crippen LogP contribution is 2.13. The lowest BCUT2D eigenvalue weighted by Gasteiger charge is -2.11. The van der Waals surface area contributed by atoms with Crippen LogP contribution in [0.25, 0.3) is 0 Å². The van der Waals surface area contributed by atoms with E-state index in [0.717, 1.165) is 25.3 Å². The summed E-state index contributed by atoms with van der Waals surface area (Å²) < 4.78 is 10.4. The van der Waals surface area contributed by atoms with Gasteiger partial charge in [0.2, 0.25) is 5.88 Å². The third kappa shape index (κ3) is 6.93. The summed E-state index contributed by atoms with van der Waals surface area (Å²) >= 11 is 0. The van der Waals surface area contributed by atoms with Crippen LogP contribution in [0.3, 0.4) is 0 Å². The molecule has 0 fully saturated rings. The summed E-state index contributed by atoms with van der Waals surface area (Å²) in [4.78, 5) is 10.7. The molecule has 6 nitrogen and oxygen atoms in total. The van der Waals surface area contributed by atoms with Gasteiger partial charge in [-0.3, -0.25) is 0 Å². The summed E-state index contributed by atoms with van der Waals surface area (Å²) in [5.41, 5.74) is 0. The zero-order valence-electron chi connectivity index (χ0n) is 12.3. The number of nitrogens with one attached hydrogen (secondary N) is 1. The SMILES string of the molecule is COCCOc1cc(NCCCN(C)C)nc(C)n1. The van der Waals surface area contributed by atoms with Crippen molar-refractivity contribution >= 4 is 5.82 Å². The predicted molar refractivity (Wildman–Crippen MR) is 75.8 cm³/mol. The van der Waals surface area contributed by atoms with Crippen molar-refractivity contribution in [3.63, 3.8) is 0 Å². The highest BCUT2D eigenvalue weighted by Gasteiger charge is 2.02. The molecule has 0 aromatic carbocycles. The molecule has 0 atom stereocenters. The van der Waals surface area contributed by atoms with E-state index in [2.05, 4.69) is 34.3 Å². The number of rotatable bonds is 9. The van der Waals surface area contributed by atoms with Gasteiger partial charge in [0, 0.05) is 19.7 Å². The number of aryl methyl sites for hydroxylation is 1. The molecule has 0 aliphatic carbocycles. The van der Waals surface area contributed by atoms with E-state index in [0.29, 0.717) is 24.9 Å². The minimum absolute atomic E-state index is 0.493. The Morgan fingerprint density at radius 3 is 2.74 bits per heavy atom. The summed E-state index contributed by atoms with van der Waals surface area (Å²) in [6, 6.07) is 1.82. The molecule has 1 rings (SSSR count). The van der Waals surface area contributed by atoms with E-state index in [9.17, 15) is 0 Å². The number of ether oxygens (including phenoxy) is 2. The van der Waals surface area contributed by atoms with E-state index in [4.69, 9.17) is 9.47 Å². The van der Waals surface area contributed by atoms with Crippen LogP contribution in [0.5, 0.6) is 5.88 Å². The molecule has 1 N–H and O–H groups in total. The average Bonchev–Trinajstić information content (AvgIpc) is 2.34. The molecule has 0 aliphatic rings. The Hall–Kier alpha value is -1.40. The van der Waals surface area contributed by atoms with Crippen LogP contribution in [0.2, 0.25) is 0 Å². The second-order valence-corrected chi connectivity index (χ2v) is 4.56. The van der Waals surface area contributed by atoms with E-state index in [-0.39, 0.29) is 0 Å². The normalized spacial score (nSPS) is 10.8. The number of methoxy groups -OCH3 is 1. The molecule has 1 aromatic heterocycles. The number of anilines is 1. The van der Waals surface area contributed by atoms with Crippen LogP contribution in [-0.4, -0.2) is 62.4 Å². The van der Waals surface area contributed by atoms with Crippen LogP contribution in [-0.2, 0) is 4.74 Å². The second kappa shape index (κ2) is 8.66. The molecular weight excluding hydrogens is 244 g/mol. The molecule has 19 heavy (non-hydrogen) atoms. The van der Waals surface area contributed by atoms with Crippen LogP contribution in [0, 0.1) is 6.92 Å². The van der Waals surface area contributed by atoms with Gasteiger partial charge in [-0.05, 0) is 34.0 Å². The Morgan fingerprint density at radius 2 is 2.05 bits per heavy atom. The van der Waals surface area contributed by atoms with Crippen molar-refractivity contribution in [3.8, 4) is 5.88 Å². The standard InChI is InChI=1S/C13H24N4O2/c1-11-15-12(14-6-5-7-17(2)3)10-13(16-11)19-9-8-18-4/h10H,5-9H2,1-4H3,(H,14,15,16). The first-order chi connectivity index (χ1) is 9.11. The third-order valence-corrected chi connectivity index (χ3v) is 2.44. The lowest BCUT2D eigenvalue weighted by Crippen LogP contribution is -2.17. The second-order valence-electron chi connectivity index (χ2n) is 4.56. The molecule has 0 amide bonds. The zero-order valence-corrected chi connectivity index (χ0v) is 12.3. The van der Waals surface area contributed by atoms with Gasteiger partial charge in [0.05, 0.1) is 6.61 Å². The summed E-state index contributed by atoms with van der Waals surface area (Å²) in [6.45, 7) is 4.83. The van der Waals surface area contributed by atoms with E-state index in [1.807, 2.05) is 13.0 Å². The first-order valence-electron chi connectivity index (χ1n) is 6.48. The number of hydrogen-bond donors (Lipinski definition) is 1. The predicted octanol–water partition coefficient (Wildman–Crippen LogP) is 1.17. The van der Waals surface area contributed by atoms with Gasteiger partial charge in [-0.15, -0.1) is 0 Å². The van der Waals surface area contributed by atoms with Crippen molar-refractivity contribution in [1.29, 1.82) is 0 Å². The smallest absolute Gasteiger partial charge is 0.218 e. The molecule has 0 unspecified atom stereocenters. The number of hydrogen-bond acceptors (Lipinski definition) is 6. The topological polar surface area (TPSA) is 59.5 Å². The van der Waals surface area contributed by atoms with Crippen molar-refractivity contribution in [2.75, 3.05) is 52.8 Å². The molecule has 1 heterocycles. The summed E-state index contributed by atoms with van der Waals surface area (Å²) in [7, 11) is 5.78. The zero-order chi connectivity index (χ0) is 14.1. The molecular formula is C13H24N4O2. The lowest BCUT2D eigenvalue weighted by atomic mass is 10.4. The van der Waals surface area contributed by atoms with Gasteiger partial charge in [-0.2, -0.15) is 4.98 Å². The average molecular weight is 268 g/mol. The molecule has 1 aromatic rings. The largest absolute Gasteiger partial charge is 0.475 e. The third-order valence-electron chi connectivity index (χ3n) is 2.44. The lowest BCUT2D eigenvalue weighted by molar-refractivity contribution is 0.143. The Kier molecular flexibility index (Phi) is 7.14. The maximum absolute atomic E-state index is 5.49. The fraction of sp³-hybridized carbons (Fsp3) is 0.692. The first kappa shape index (κ1) is 15.7. The quantitative estimate of drug-likeness (QED) is 0.679. The van der Waals surface area contributed by atoms with E-state index >= 15 is 0 Å². The molecule has 0 saturated carbocycles. The van der Waals surface area contributed by atoms with Crippen LogP contribution >= 0.6 is 0 Å². The van der Waals surface area contributed by atoms with Gasteiger partial charge in [0.1, 0.15) is 18.2 Å². The van der Waals surface area contributed by atoms with Crippen molar-refractivity contribution in [2.24, 2.45) is 0 Å². The summed E-state index contributed by atoms with van der Waals surface area (Å²) in [6.07, 6.45) is 1.07. The van der Waals surface area contributed by atoms with Crippen LogP contribution < -0.4 is 10.1 Å². The molecule has 0 spiro atoms. The fourth-order valence-corrected chi connectivity index (χ4v) is 1.55. The van der Waals surface area contributed by atoms with Crippen molar-refractivity contribution < 1.29 is 9.47 Å². The highest BCUT2D eigenvalue weighted by molar-refractivity contribution is 5.38. The van der Waals surface area contributed by atoms with Crippen molar-refractivity contribution in [2.45, 2.75) is 13.3 Å². The van der Waals surface area contributed by atoms with Gasteiger partial charge in [0.25, 0.3) is 0 Å². The van der Waals surface area contributed by atoms with Crippen LogP contribution in [0.15, 0.2) is 6.07 Å². The van der Waals surface area contributed by atoms with E-state index < -0.39 is 0 Å². The number of nitrogens with zero attached hydrogens (tertiary/aromatic N) is 3. The monoisotopic (exact) mass is 268 g/mol. The van der Waals surface area contributed by atoms with Crippen molar-refractivity contribution in [1.82, 2.24) is 14.9 Å². The summed E-state index contributed by atoms with van der Waals surface area (Å²) in [5.74, 6) is 2.09.